The topological polar surface area (TPSA) is 84.7 Å². The van der Waals surface area contributed by atoms with Crippen LogP contribution in [0.5, 0.6) is 5.75 Å². The lowest BCUT2D eigenvalue weighted by atomic mass is 9.78. The smallest absolute Gasteiger partial charge is 0.269 e. The Balaban J connectivity index is 1.34. The molecule has 0 spiro atoms. The molecule has 4 rings (SSSR count). The molecule has 2 atom stereocenters. The highest BCUT2D eigenvalue weighted by Gasteiger charge is 2.42. The van der Waals surface area contributed by atoms with E-state index in [0.717, 1.165) is 74.2 Å². The summed E-state index contributed by atoms with van der Waals surface area (Å²) in [6.07, 6.45) is 4.71. The van der Waals surface area contributed by atoms with Crippen molar-refractivity contribution < 1.29 is 14.5 Å². The number of ether oxygens (including phenoxy) is 1. The fourth-order valence-corrected chi connectivity index (χ4v) is 5.68. The number of nitro benzene ring substituents is 1. The van der Waals surface area contributed by atoms with Crippen molar-refractivity contribution in [2.45, 2.75) is 51.4 Å². The van der Waals surface area contributed by atoms with Gasteiger partial charge in [-0.25, -0.2) is 0 Å². The SMILES string of the molecule is CC1CC(C)CN(CCOc2ccc(NC(=O)C3(c4ccc([N+](=O)[O-])cc4)CCCC3)cc2)C1. The first-order valence-corrected chi connectivity index (χ1v) is 12.4. The number of rotatable bonds is 8. The molecular formula is C27H35N3O4. The van der Waals surface area contributed by atoms with Crippen molar-refractivity contribution in [3.05, 3.63) is 64.2 Å². The van der Waals surface area contributed by atoms with Crippen molar-refractivity contribution in [2.75, 3.05) is 31.6 Å². The summed E-state index contributed by atoms with van der Waals surface area (Å²) in [6.45, 7) is 8.46. The van der Waals surface area contributed by atoms with Crippen LogP contribution in [0.2, 0.25) is 0 Å². The molecule has 1 heterocycles. The van der Waals surface area contributed by atoms with Gasteiger partial charge in [-0.2, -0.15) is 0 Å². The molecule has 7 nitrogen and oxygen atoms in total. The minimum Gasteiger partial charge on any atom is -0.492 e. The highest BCUT2D eigenvalue weighted by Crippen LogP contribution is 2.42. The van der Waals surface area contributed by atoms with Crippen molar-refractivity contribution in [1.29, 1.82) is 0 Å². The van der Waals surface area contributed by atoms with Crippen molar-refractivity contribution in [3.63, 3.8) is 0 Å². The summed E-state index contributed by atoms with van der Waals surface area (Å²) >= 11 is 0. The van der Waals surface area contributed by atoms with Gasteiger partial charge in [0.05, 0.1) is 10.3 Å². The maximum Gasteiger partial charge on any atom is 0.269 e. The second-order valence-corrected chi connectivity index (χ2v) is 10.1. The molecule has 0 radical (unpaired) electrons. The zero-order valence-electron chi connectivity index (χ0n) is 20.2. The largest absolute Gasteiger partial charge is 0.492 e. The molecule has 0 bridgehead atoms. The van der Waals surface area contributed by atoms with Crippen LogP contribution in [0.25, 0.3) is 0 Å². The van der Waals surface area contributed by atoms with E-state index < -0.39 is 10.3 Å². The molecule has 182 valence electrons. The Hall–Kier alpha value is -2.93. The van der Waals surface area contributed by atoms with E-state index in [1.54, 1.807) is 12.1 Å². The third-order valence-corrected chi connectivity index (χ3v) is 7.26. The number of benzene rings is 2. The Bertz CT molecular complexity index is 974. The molecule has 2 unspecified atom stereocenters. The number of nitrogens with one attached hydrogen (secondary N) is 1. The van der Waals surface area contributed by atoms with E-state index in [4.69, 9.17) is 4.74 Å². The van der Waals surface area contributed by atoms with E-state index in [1.807, 2.05) is 24.3 Å². The summed E-state index contributed by atoms with van der Waals surface area (Å²) in [4.78, 5) is 26.4. The average Bonchev–Trinajstić information content (AvgIpc) is 3.31. The summed E-state index contributed by atoms with van der Waals surface area (Å²) in [5.74, 6) is 2.21. The lowest BCUT2D eigenvalue weighted by molar-refractivity contribution is -0.384. The quantitative estimate of drug-likeness (QED) is 0.417. The van der Waals surface area contributed by atoms with E-state index in [1.165, 1.54) is 18.6 Å². The molecule has 7 heteroatoms. The maximum absolute atomic E-state index is 13.4. The van der Waals surface area contributed by atoms with E-state index in [0.29, 0.717) is 6.61 Å². The second-order valence-electron chi connectivity index (χ2n) is 10.1. The zero-order valence-corrected chi connectivity index (χ0v) is 20.2. The molecule has 34 heavy (non-hydrogen) atoms. The molecule has 0 aromatic heterocycles. The first-order chi connectivity index (χ1) is 16.4. The first kappa shape index (κ1) is 24.2. The predicted molar refractivity (Wildman–Crippen MR) is 133 cm³/mol. The average molecular weight is 466 g/mol. The van der Waals surface area contributed by atoms with Gasteiger partial charge in [-0.1, -0.05) is 38.8 Å². The van der Waals surface area contributed by atoms with Gasteiger partial charge in [0.15, 0.2) is 0 Å². The maximum atomic E-state index is 13.4. The van der Waals surface area contributed by atoms with Crippen molar-refractivity contribution in [3.8, 4) is 5.75 Å². The van der Waals surface area contributed by atoms with Gasteiger partial charge in [-0.05, 0) is 60.9 Å². The number of hydrogen-bond donors (Lipinski definition) is 1. The van der Waals surface area contributed by atoms with Crippen LogP contribution in [0.4, 0.5) is 11.4 Å². The third kappa shape index (κ3) is 5.58. The van der Waals surface area contributed by atoms with Gasteiger partial charge in [0.2, 0.25) is 5.91 Å². The van der Waals surface area contributed by atoms with Gasteiger partial charge in [-0.15, -0.1) is 0 Å². The van der Waals surface area contributed by atoms with Gasteiger partial charge in [-0.3, -0.25) is 19.8 Å². The van der Waals surface area contributed by atoms with Crippen LogP contribution in [-0.2, 0) is 10.2 Å². The van der Waals surface area contributed by atoms with Gasteiger partial charge < -0.3 is 10.1 Å². The number of nitro groups is 1. The minimum atomic E-state index is -0.646. The fraction of sp³-hybridized carbons (Fsp3) is 0.519. The Labute approximate surface area is 201 Å². The Morgan fingerprint density at radius 2 is 1.68 bits per heavy atom. The number of non-ortho nitro benzene ring substituents is 1. The molecule has 2 aromatic rings. The number of nitrogens with zero attached hydrogens (tertiary/aromatic N) is 2. The number of anilines is 1. The Morgan fingerprint density at radius 3 is 2.26 bits per heavy atom. The number of carbonyl (C=O) groups excluding carboxylic acids is 1. The van der Waals surface area contributed by atoms with Gasteiger partial charge in [0.25, 0.3) is 5.69 Å². The molecule has 1 aliphatic heterocycles. The molecule has 1 aliphatic carbocycles. The Kier molecular flexibility index (Phi) is 7.51. The lowest BCUT2D eigenvalue weighted by Crippen LogP contribution is -2.40. The third-order valence-electron chi connectivity index (χ3n) is 7.26. The number of carbonyl (C=O) groups is 1. The summed E-state index contributed by atoms with van der Waals surface area (Å²) in [5, 5.41) is 14.1. The normalized spacial score (nSPS) is 22.3. The van der Waals surface area contributed by atoms with E-state index in [2.05, 4.69) is 24.1 Å². The molecule has 1 saturated carbocycles. The van der Waals surface area contributed by atoms with Crippen LogP contribution in [0.3, 0.4) is 0 Å². The highest BCUT2D eigenvalue weighted by atomic mass is 16.6. The van der Waals surface area contributed by atoms with Crippen LogP contribution >= 0.6 is 0 Å². The van der Waals surface area contributed by atoms with Crippen molar-refractivity contribution in [2.24, 2.45) is 11.8 Å². The lowest BCUT2D eigenvalue weighted by Gasteiger charge is -2.34. The molecule has 1 saturated heterocycles. The molecule has 1 amide bonds. The monoisotopic (exact) mass is 465 g/mol. The number of piperidine rings is 1. The summed E-state index contributed by atoms with van der Waals surface area (Å²) < 4.78 is 5.95. The van der Waals surface area contributed by atoms with Crippen molar-refractivity contribution in [1.82, 2.24) is 4.90 Å². The van der Waals surface area contributed by atoms with Crippen LogP contribution in [0, 0.1) is 22.0 Å². The van der Waals surface area contributed by atoms with Crippen LogP contribution in [0.1, 0.15) is 51.5 Å². The standard InChI is InChI=1S/C27H35N3O4/c1-20-17-21(2)19-29(18-20)15-16-34-25-11-7-23(8-12-25)28-26(31)27(13-3-4-14-27)22-5-9-24(10-6-22)30(32)33/h5-12,20-21H,3-4,13-19H2,1-2H3,(H,28,31). The zero-order chi connectivity index (χ0) is 24.1. The molecule has 2 fully saturated rings. The number of hydrogen-bond acceptors (Lipinski definition) is 5. The predicted octanol–water partition coefficient (Wildman–Crippen LogP) is 5.40. The minimum absolute atomic E-state index is 0.0391. The van der Waals surface area contributed by atoms with E-state index >= 15 is 0 Å². The fourth-order valence-electron chi connectivity index (χ4n) is 5.68. The first-order valence-electron chi connectivity index (χ1n) is 12.4. The van der Waals surface area contributed by atoms with E-state index in [9.17, 15) is 14.9 Å². The van der Waals surface area contributed by atoms with Gasteiger partial charge >= 0.3 is 0 Å². The van der Waals surface area contributed by atoms with Crippen LogP contribution < -0.4 is 10.1 Å². The summed E-state index contributed by atoms with van der Waals surface area (Å²) in [7, 11) is 0. The van der Waals surface area contributed by atoms with E-state index in [-0.39, 0.29) is 11.6 Å². The molecule has 2 aliphatic rings. The van der Waals surface area contributed by atoms with Gasteiger partial charge in [0, 0.05) is 37.5 Å². The number of amides is 1. The van der Waals surface area contributed by atoms with Crippen LogP contribution in [-0.4, -0.2) is 42.0 Å². The second kappa shape index (κ2) is 10.6. The molecule has 1 N–H and O–H groups in total. The summed E-state index contributed by atoms with van der Waals surface area (Å²) in [5.41, 5.74) is 0.961. The summed E-state index contributed by atoms with van der Waals surface area (Å²) in [6, 6.07) is 14.0. The molecule has 2 aromatic carbocycles. The number of likely N-dealkylation sites (tertiary alicyclic amines) is 1. The molecular weight excluding hydrogens is 430 g/mol. The van der Waals surface area contributed by atoms with Gasteiger partial charge in [0.1, 0.15) is 12.4 Å². The Morgan fingerprint density at radius 1 is 1.06 bits per heavy atom. The van der Waals surface area contributed by atoms with Crippen molar-refractivity contribution >= 4 is 17.3 Å². The highest BCUT2D eigenvalue weighted by molar-refractivity contribution is 5.99. The van der Waals surface area contributed by atoms with Crippen LogP contribution in [0.15, 0.2) is 48.5 Å².